The molecule has 0 bridgehead atoms. The molecule has 2 amide bonds. The molecule has 11 heteroatoms. The van der Waals surface area contributed by atoms with Crippen molar-refractivity contribution in [2.24, 2.45) is 0 Å². The standard InChI is InChI=1S/C18H25N3O8/c1-18(2,3)29-17(25)20-14(15(22)23)6-4-5-11-19-16(24)28-13-9-7-12(8-10-13)21(26)27/h7-10,14H,4-6,11H2,1-3H3,(H,19,24)(H,20,25)(H,22,23)/t14-/m0/s1. The number of nitrogens with one attached hydrogen (secondary N) is 2. The van der Waals surface area contributed by atoms with E-state index >= 15 is 0 Å². The maximum absolute atomic E-state index is 11.7. The summed E-state index contributed by atoms with van der Waals surface area (Å²) in [5, 5.41) is 24.5. The molecule has 0 aliphatic rings. The predicted molar refractivity (Wildman–Crippen MR) is 102 cm³/mol. The summed E-state index contributed by atoms with van der Waals surface area (Å²) in [6.07, 6.45) is -0.511. The van der Waals surface area contributed by atoms with Crippen molar-refractivity contribution in [3.8, 4) is 5.75 Å². The van der Waals surface area contributed by atoms with Crippen LogP contribution < -0.4 is 15.4 Å². The van der Waals surface area contributed by atoms with Gasteiger partial charge in [-0.15, -0.1) is 0 Å². The second kappa shape index (κ2) is 10.8. The van der Waals surface area contributed by atoms with Gasteiger partial charge in [0, 0.05) is 18.7 Å². The Hall–Kier alpha value is -3.37. The van der Waals surface area contributed by atoms with Crippen LogP contribution in [0.5, 0.6) is 5.75 Å². The van der Waals surface area contributed by atoms with Gasteiger partial charge in [0.1, 0.15) is 17.4 Å². The number of carbonyl (C=O) groups is 3. The largest absolute Gasteiger partial charge is 0.480 e. The number of unbranched alkanes of at least 4 members (excludes halogenated alkanes) is 1. The fraction of sp³-hybridized carbons (Fsp3) is 0.500. The summed E-state index contributed by atoms with van der Waals surface area (Å²) in [6.45, 7) is 5.24. The number of amides is 2. The third kappa shape index (κ3) is 9.94. The SMILES string of the molecule is CC(C)(C)OC(=O)N[C@@H](CCCCNC(=O)Oc1ccc([N+](=O)[O-])cc1)C(=O)O. The molecule has 3 N–H and O–H groups in total. The van der Waals surface area contributed by atoms with Crippen LogP contribution in [0.15, 0.2) is 24.3 Å². The van der Waals surface area contributed by atoms with Crippen LogP contribution in [0.4, 0.5) is 15.3 Å². The Balaban J connectivity index is 2.31. The summed E-state index contributed by atoms with van der Waals surface area (Å²) in [7, 11) is 0. The zero-order valence-corrected chi connectivity index (χ0v) is 16.5. The van der Waals surface area contributed by atoms with Crippen LogP contribution in [-0.4, -0.2) is 46.4 Å². The Morgan fingerprint density at radius 2 is 1.76 bits per heavy atom. The van der Waals surface area contributed by atoms with Gasteiger partial charge in [-0.05, 0) is 52.2 Å². The first kappa shape index (κ1) is 23.7. The molecule has 160 valence electrons. The van der Waals surface area contributed by atoms with E-state index in [1.807, 2.05) is 0 Å². The lowest BCUT2D eigenvalue weighted by atomic mass is 10.1. The van der Waals surface area contributed by atoms with Crippen molar-refractivity contribution in [2.75, 3.05) is 6.54 Å². The number of hydrogen-bond acceptors (Lipinski definition) is 7. The number of carbonyl (C=O) groups excluding carboxylic acids is 2. The van der Waals surface area contributed by atoms with E-state index < -0.39 is 34.7 Å². The van der Waals surface area contributed by atoms with Gasteiger partial charge in [0.2, 0.25) is 0 Å². The maximum atomic E-state index is 11.7. The highest BCUT2D eigenvalue weighted by Gasteiger charge is 2.23. The monoisotopic (exact) mass is 411 g/mol. The summed E-state index contributed by atoms with van der Waals surface area (Å²) in [5.41, 5.74) is -0.855. The normalized spacial score (nSPS) is 11.8. The number of non-ortho nitro benzene ring substituents is 1. The molecule has 0 heterocycles. The van der Waals surface area contributed by atoms with Crippen molar-refractivity contribution in [1.29, 1.82) is 0 Å². The van der Waals surface area contributed by atoms with Crippen molar-refractivity contribution in [2.45, 2.75) is 51.7 Å². The molecule has 1 aromatic rings. The molecular weight excluding hydrogens is 386 g/mol. The lowest BCUT2D eigenvalue weighted by molar-refractivity contribution is -0.384. The summed E-state index contributed by atoms with van der Waals surface area (Å²) < 4.78 is 10.0. The van der Waals surface area contributed by atoms with E-state index in [9.17, 15) is 29.6 Å². The van der Waals surface area contributed by atoms with Crippen LogP contribution >= 0.6 is 0 Å². The number of rotatable bonds is 9. The minimum atomic E-state index is -1.18. The number of alkyl carbamates (subject to hydrolysis) is 1. The Bertz CT molecular complexity index is 728. The minimum absolute atomic E-state index is 0.120. The van der Waals surface area contributed by atoms with E-state index in [1.54, 1.807) is 20.8 Å². The zero-order chi connectivity index (χ0) is 22.0. The first-order chi connectivity index (χ1) is 13.5. The number of nitrogens with zero attached hydrogens (tertiary/aromatic N) is 1. The molecule has 0 saturated carbocycles. The second-order valence-corrected chi connectivity index (χ2v) is 7.10. The highest BCUT2D eigenvalue weighted by molar-refractivity contribution is 5.79. The van der Waals surface area contributed by atoms with Crippen molar-refractivity contribution in [3.05, 3.63) is 34.4 Å². The molecule has 1 rings (SSSR count). The third-order valence-corrected chi connectivity index (χ3v) is 3.44. The van der Waals surface area contributed by atoms with Gasteiger partial charge in [0.05, 0.1) is 4.92 Å². The van der Waals surface area contributed by atoms with Crippen molar-refractivity contribution in [3.63, 3.8) is 0 Å². The van der Waals surface area contributed by atoms with E-state index in [0.717, 1.165) is 0 Å². The number of aliphatic carboxylic acids is 1. The molecule has 1 aromatic carbocycles. The average Bonchev–Trinajstić information content (AvgIpc) is 2.59. The predicted octanol–water partition coefficient (Wildman–Crippen LogP) is 2.83. The van der Waals surface area contributed by atoms with Gasteiger partial charge in [-0.3, -0.25) is 10.1 Å². The highest BCUT2D eigenvalue weighted by atomic mass is 16.6. The number of nitro benzene ring substituents is 1. The van der Waals surface area contributed by atoms with E-state index in [4.69, 9.17) is 9.47 Å². The molecule has 0 aliphatic heterocycles. The van der Waals surface area contributed by atoms with Crippen LogP contribution in [0.2, 0.25) is 0 Å². The molecule has 0 radical (unpaired) electrons. The van der Waals surface area contributed by atoms with Crippen LogP contribution in [0, 0.1) is 10.1 Å². The Kier molecular flexibility index (Phi) is 8.84. The molecular formula is C18H25N3O8. The quantitative estimate of drug-likeness (QED) is 0.318. The van der Waals surface area contributed by atoms with Crippen molar-refractivity contribution < 1.29 is 33.9 Å². The molecule has 0 spiro atoms. The number of benzene rings is 1. The average molecular weight is 411 g/mol. The van der Waals surface area contributed by atoms with Gasteiger partial charge in [0.15, 0.2) is 0 Å². The number of hydrogen-bond donors (Lipinski definition) is 3. The first-order valence-electron chi connectivity index (χ1n) is 8.90. The van der Waals surface area contributed by atoms with E-state index in [0.29, 0.717) is 12.8 Å². The van der Waals surface area contributed by atoms with Crippen molar-refractivity contribution >= 4 is 23.8 Å². The summed E-state index contributed by atoms with van der Waals surface area (Å²) in [5.74, 6) is -1.03. The number of nitro groups is 1. The van der Waals surface area contributed by atoms with Gasteiger partial charge in [0.25, 0.3) is 5.69 Å². The van der Waals surface area contributed by atoms with Gasteiger partial charge in [-0.1, -0.05) is 0 Å². The first-order valence-corrected chi connectivity index (χ1v) is 8.90. The van der Waals surface area contributed by atoms with E-state index in [2.05, 4.69) is 10.6 Å². The van der Waals surface area contributed by atoms with Gasteiger partial charge >= 0.3 is 18.2 Å². The molecule has 1 atom stereocenters. The molecule has 29 heavy (non-hydrogen) atoms. The molecule has 0 aromatic heterocycles. The number of ether oxygens (including phenoxy) is 2. The van der Waals surface area contributed by atoms with E-state index in [-0.39, 0.29) is 24.4 Å². The smallest absolute Gasteiger partial charge is 0.412 e. The molecule has 0 fully saturated rings. The van der Waals surface area contributed by atoms with Crippen LogP contribution in [0.3, 0.4) is 0 Å². The van der Waals surface area contributed by atoms with E-state index in [1.165, 1.54) is 24.3 Å². The molecule has 0 saturated heterocycles. The number of carboxylic acid groups (broad SMARTS) is 1. The summed E-state index contributed by atoms with van der Waals surface area (Å²) >= 11 is 0. The minimum Gasteiger partial charge on any atom is -0.480 e. The zero-order valence-electron chi connectivity index (χ0n) is 16.5. The van der Waals surface area contributed by atoms with Crippen LogP contribution in [0.25, 0.3) is 0 Å². The molecule has 0 unspecified atom stereocenters. The Morgan fingerprint density at radius 1 is 1.14 bits per heavy atom. The van der Waals surface area contributed by atoms with Crippen LogP contribution in [-0.2, 0) is 9.53 Å². The third-order valence-electron chi connectivity index (χ3n) is 3.44. The second-order valence-electron chi connectivity index (χ2n) is 7.10. The van der Waals surface area contributed by atoms with Gasteiger partial charge in [-0.2, -0.15) is 0 Å². The van der Waals surface area contributed by atoms with Crippen molar-refractivity contribution in [1.82, 2.24) is 10.6 Å². The Labute approximate surface area is 167 Å². The fourth-order valence-electron chi connectivity index (χ4n) is 2.15. The topological polar surface area (TPSA) is 157 Å². The maximum Gasteiger partial charge on any atom is 0.412 e. The van der Waals surface area contributed by atoms with Crippen LogP contribution in [0.1, 0.15) is 40.0 Å². The molecule has 11 nitrogen and oxygen atoms in total. The lowest BCUT2D eigenvalue weighted by Gasteiger charge is -2.22. The highest BCUT2D eigenvalue weighted by Crippen LogP contribution is 2.17. The fourth-order valence-corrected chi connectivity index (χ4v) is 2.15. The lowest BCUT2D eigenvalue weighted by Crippen LogP contribution is -2.43. The number of carboxylic acids is 1. The van der Waals surface area contributed by atoms with Gasteiger partial charge < -0.3 is 25.2 Å². The molecule has 0 aliphatic carbocycles. The summed E-state index contributed by atoms with van der Waals surface area (Å²) in [4.78, 5) is 44.6. The summed E-state index contributed by atoms with van der Waals surface area (Å²) in [6, 6.07) is 3.94. The van der Waals surface area contributed by atoms with Gasteiger partial charge in [-0.25, -0.2) is 14.4 Å². The Morgan fingerprint density at radius 3 is 2.28 bits per heavy atom.